The number of carboxylic acid groups (broad SMARTS) is 1. The van der Waals surface area contributed by atoms with E-state index in [1.807, 2.05) is 55.5 Å². The molecule has 190 valence electrons. The third-order valence-corrected chi connectivity index (χ3v) is 6.97. The zero-order chi connectivity index (χ0) is 25.9. The zero-order valence-electron chi connectivity index (χ0n) is 21.0. The summed E-state index contributed by atoms with van der Waals surface area (Å²) in [5, 5.41) is 24.3. The second-order valence-electron chi connectivity index (χ2n) is 9.44. The molecule has 2 aromatic carbocycles. The van der Waals surface area contributed by atoms with Gasteiger partial charge in [-0.1, -0.05) is 80.4 Å². The maximum atomic E-state index is 13.6. The topological polar surface area (TPSA) is 119 Å². The monoisotopic (exact) mass is 498 g/mol. The number of nitrogens with one attached hydrogen (secondary N) is 1. The van der Waals surface area contributed by atoms with Crippen molar-refractivity contribution in [3.05, 3.63) is 87.9 Å². The van der Waals surface area contributed by atoms with Crippen LogP contribution in [-0.4, -0.2) is 41.1 Å². The number of allylic oxidation sites excluding steroid dienone is 1. The summed E-state index contributed by atoms with van der Waals surface area (Å²) in [4.78, 5) is 25.7. The van der Waals surface area contributed by atoms with E-state index >= 15 is 0 Å². The van der Waals surface area contributed by atoms with Gasteiger partial charge < -0.3 is 5.11 Å². The summed E-state index contributed by atoms with van der Waals surface area (Å²) in [5.41, 5.74) is 5.25. The molecule has 0 fully saturated rings. The average Bonchev–Trinajstić information content (AvgIpc) is 3.53. The van der Waals surface area contributed by atoms with Crippen molar-refractivity contribution in [2.45, 2.75) is 58.0 Å². The number of carboxylic acids is 1. The summed E-state index contributed by atoms with van der Waals surface area (Å²) < 4.78 is 3.33. The molecule has 0 aliphatic carbocycles. The molecule has 2 aromatic heterocycles. The third-order valence-electron chi connectivity index (χ3n) is 6.97. The van der Waals surface area contributed by atoms with Crippen LogP contribution in [-0.2, 0) is 17.6 Å². The van der Waals surface area contributed by atoms with E-state index < -0.39 is 12.0 Å². The van der Waals surface area contributed by atoms with Gasteiger partial charge in [0.15, 0.2) is 6.04 Å². The number of nitrogens with zero attached hydrogens (tertiary/aromatic N) is 5. The number of benzene rings is 2. The standard InChI is InChI=1S/C28H30N6O3/c1-3-4-5-10-24-23(27(35)33-18(2)11-16-25(28(36)37)34(24)33)17-19-12-14-20(15-13-19)21-8-6-7-9-22(21)26-29-31-32-30-26/h6-9,11-16,18,25H,3-5,10,17H2,1-2H3,(H,36,37)(H,29,30,31,32). The highest BCUT2D eigenvalue weighted by molar-refractivity contribution is 5.80. The molecule has 2 atom stereocenters. The summed E-state index contributed by atoms with van der Waals surface area (Å²) in [7, 11) is 0. The highest BCUT2D eigenvalue weighted by Gasteiger charge is 2.31. The Morgan fingerprint density at radius 2 is 1.78 bits per heavy atom. The van der Waals surface area contributed by atoms with Crippen molar-refractivity contribution in [1.82, 2.24) is 30.0 Å². The van der Waals surface area contributed by atoms with Crippen LogP contribution in [0.1, 0.15) is 62.0 Å². The van der Waals surface area contributed by atoms with Crippen molar-refractivity contribution in [2.24, 2.45) is 0 Å². The molecule has 0 spiro atoms. The summed E-state index contributed by atoms with van der Waals surface area (Å²) in [6.45, 7) is 4.05. The first-order valence-corrected chi connectivity index (χ1v) is 12.7. The molecule has 3 heterocycles. The van der Waals surface area contributed by atoms with E-state index in [4.69, 9.17) is 0 Å². The third kappa shape index (κ3) is 4.64. The number of fused-ring (bicyclic) bond motifs is 1. The molecule has 0 saturated heterocycles. The molecule has 1 aliphatic rings. The summed E-state index contributed by atoms with van der Waals surface area (Å²) in [6, 6.07) is 14.9. The lowest BCUT2D eigenvalue weighted by molar-refractivity contribution is -0.140. The van der Waals surface area contributed by atoms with Crippen LogP contribution in [0.25, 0.3) is 22.5 Å². The van der Waals surface area contributed by atoms with E-state index in [-0.39, 0.29) is 11.6 Å². The van der Waals surface area contributed by atoms with Gasteiger partial charge in [-0.15, -0.1) is 10.2 Å². The summed E-state index contributed by atoms with van der Waals surface area (Å²) >= 11 is 0. The lowest BCUT2D eigenvalue weighted by Gasteiger charge is -2.26. The van der Waals surface area contributed by atoms with E-state index in [1.54, 1.807) is 21.5 Å². The fraction of sp³-hybridized carbons (Fsp3) is 0.321. The van der Waals surface area contributed by atoms with Crippen LogP contribution in [0.2, 0.25) is 0 Å². The van der Waals surface area contributed by atoms with Gasteiger partial charge in [0.25, 0.3) is 5.56 Å². The Morgan fingerprint density at radius 1 is 1.03 bits per heavy atom. The van der Waals surface area contributed by atoms with Gasteiger partial charge in [0, 0.05) is 23.2 Å². The summed E-state index contributed by atoms with van der Waals surface area (Å²) in [6.07, 6.45) is 7.58. The van der Waals surface area contributed by atoms with Crippen LogP contribution in [0.15, 0.2) is 65.5 Å². The highest BCUT2D eigenvalue weighted by atomic mass is 16.4. The largest absolute Gasteiger partial charge is 0.479 e. The maximum absolute atomic E-state index is 13.6. The molecule has 0 bridgehead atoms. The Bertz CT molecular complexity index is 1480. The molecule has 0 saturated carbocycles. The molecule has 4 aromatic rings. The molecule has 9 nitrogen and oxygen atoms in total. The lowest BCUT2D eigenvalue weighted by Crippen LogP contribution is -2.34. The van der Waals surface area contributed by atoms with Crippen LogP contribution < -0.4 is 5.56 Å². The Balaban J connectivity index is 1.51. The van der Waals surface area contributed by atoms with Crippen molar-refractivity contribution < 1.29 is 9.90 Å². The minimum absolute atomic E-state index is 0.110. The number of rotatable bonds is 9. The minimum atomic E-state index is -0.959. The number of aromatic amines is 1. The predicted molar refractivity (Wildman–Crippen MR) is 140 cm³/mol. The molecule has 2 N–H and O–H groups in total. The van der Waals surface area contributed by atoms with Gasteiger partial charge in [-0.05, 0) is 41.7 Å². The normalized spacial score (nSPS) is 16.6. The molecule has 9 heteroatoms. The number of hydrogen-bond acceptors (Lipinski definition) is 5. The van der Waals surface area contributed by atoms with Gasteiger partial charge in [0.2, 0.25) is 5.82 Å². The molecule has 0 radical (unpaired) electrons. The molecule has 1 aliphatic heterocycles. The Labute approximate surface area is 214 Å². The highest BCUT2D eigenvalue weighted by Crippen LogP contribution is 2.31. The van der Waals surface area contributed by atoms with E-state index in [1.165, 1.54) is 0 Å². The molecule has 2 unspecified atom stereocenters. The molecular formula is C28H30N6O3. The number of aromatic nitrogens is 6. The van der Waals surface area contributed by atoms with Gasteiger partial charge >= 0.3 is 5.97 Å². The lowest BCUT2D eigenvalue weighted by atomic mass is 9.96. The smallest absolute Gasteiger partial charge is 0.332 e. The van der Waals surface area contributed by atoms with E-state index in [0.29, 0.717) is 24.2 Å². The van der Waals surface area contributed by atoms with E-state index in [0.717, 1.165) is 47.2 Å². The van der Waals surface area contributed by atoms with E-state index in [9.17, 15) is 14.7 Å². The SMILES string of the molecule is CCCCCc1c(Cc2ccc(-c3ccccc3-c3nn[nH]n3)cc2)c(=O)n2n1C(C(=O)O)C=CC2C. The van der Waals surface area contributed by atoms with Crippen molar-refractivity contribution in [2.75, 3.05) is 0 Å². The molecular weight excluding hydrogens is 468 g/mol. The molecule has 0 amide bonds. The van der Waals surface area contributed by atoms with Gasteiger partial charge in [0.05, 0.1) is 6.04 Å². The predicted octanol–water partition coefficient (Wildman–Crippen LogP) is 4.58. The number of H-pyrrole nitrogens is 1. The fourth-order valence-corrected chi connectivity index (χ4v) is 5.12. The van der Waals surface area contributed by atoms with Crippen molar-refractivity contribution in [3.63, 3.8) is 0 Å². The van der Waals surface area contributed by atoms with Gasteiger partial charge in [0.1, 0.15) is 0 Å². The molecule has 5 rings (SSSR count). The number of tetrazole rings is 1. The van der Waals surface area contributed by atoms with Crippen LogP contribution in [0, 0.1) is 0 Å². The second-order valence-corrected chi connectivity index (χ2v) is 9.44. The van der Waals surface area contributed by atoms with Crippen LogP contribution in [0.5, 0.6) is 0 Å². The number of unbranched alkanes of at least 4 members (excludes halogenated alkanes) is 2. The quantitative estimate of drug-likeness (QED) is 0.258. The van der Waals surface area contributed by atoms with Crippen molar-refractivity contribution in [3.8, 4) is 22.5 Å². The molecule has 37 heavy (non-hydrogen) atoms. The zero-order valence-corrected chi connectivity index (χ0v) is 21.0. The minimum Gasteiger partial charge on any atom is -0.479 e. The fourth-order valence-electron chi connectivity index (χ4n) is 5.12. The van der Waals surface area contributed by atoms with Crippen LogP contribution in [0.4, 0.5) is 0 Å². The summed E-state index contributed by atoms with van der Waals surface area (Å²) in [5.74, 6) is -0.431. The van der Waals surface area contributed by atoms with Gasteiger partial charge in [-0.25, -0.2) is 9.48 Å². The second kappa shape index (κ2) is 10.4. The van der Waals surface area contributed by atoms with Crippen LogP contribution >= 0.6 is 0 Å². The number of carbonyl (C=O) groups is 1. The van der Waals surface area contributed by atoms with Crippen molar-refractivity contribution >= 4 is 5.97 Å². The van der Waals surface area contributed by atoms with Crippen molar-refractivity contribution in [1.29, 1.82) is 0 Å². The average molecular weight is 499 g/mol. The van der Waals surface area contributed by atoms with Crippen LogP contribution in [0.3, 0.4) is 0 Å². The Hall–Kier alpha value is -4.27. The maximum Gasteiger partial charge on any atom is 0.332 e. The first-order valence-electron chi connectivity index (χ1n) is 12.7. The number of hydrogen-bond donors (Lipinski definition) is 2. The Morgan fingerprint density at radius 3 is 2.46 bits per heavy atom. The first-order chi connectivity index (χ1) is 18.0. The van der Waals surface area contributed by atoms with E-state index in [2.05, 4.69) is 27.5 Å². The number of aliphatic carboxylic acids is 1. The Kier molecular flexibility index (Phi) is 6.85. The van der Waals surface area contributed by atoms with Gasteiger partial charge in [-0.2, -0.15) is 5.21 Å². The van der Waals surface area contributed by atoms with Gasteiger partial charge in [-0.3, -0.25) is 9.48 Å². The first kappa shape index (κ1) is 24.4.